The van der Waals surface area contributed by atoms with Crippen molar-refractivity contribution in [3.8, 4) is 17.0 Å². The molecule has 4 aromatic rings. The molecule has 188 valence electrons. The Balaban J connectivity index is 1.69. The molecule has 0 aliphatic heterocycles. The summed E-state index contributed by atoms with van der Waals surface area (Å²) in [5, 5.41) is 6.47. The Labute approximate surface area is 213 Å². The monoisotopic (exact) mass is 498 g/mol. The van der Waals surface area contributed by atoms with Crippen LogP contribution >= 0.6 is 0 Å². The highest BCUT2D eigenvalue weighted by molar-refractivity contribution is 6.06. The van der Waals surface area contributed by atoms with Crippen LogP contribution in [0.3, 0.4) is 0 Å². The van der Waals surface area contributed by atoms with Gasteiger partial charge < -0.3 is 20.1 Å². The lowest BCUT2D eigenvalue weighted by molar-refractivity contribution is 0.0378. The van der Waals surface area contributed by atoms with E-state index in [1.165, 1.54) is 13.2 Å². The largest absolute Gasteiger partial charge is 0.496 e. The first-order valence-corrected chi connectivity index (χ1v) is 11.6. The smallest absolute Gasteiger partial charge is 0.338 e. The molecule has 1 heterocycles. The molecule has 3 aromatic carbocycles. The fourth-order valence-corrected chi connectivity index (χ4v) is 3.79. The van der Waals surface area contributed by atoms with Crippen molar-refractivity contribution in [2.75, 3.05) is 24.8 Å². The zero-order valence-electron chi connectivity index (χ0n) is 20.9. The van der Waals surface area contributed by atoms with Crippen LogP contribution < -0.4 is 15.4 Å². The third kappa shape index (κ3) is 5.56. The maximum Gasteiger partial charge on any atom is 0.338 e. The number of anilines is 2. The highest BCUT2D eigenvalue weighted by Crippen LogP contribution is 2.32. The van der Waals surface area contributed by atoms with Gasteiger partial charge in [0.2, 0.25) is 5.95 Å². The number of carbonyl (C=O) groups excluding carboxylic acids is 3. The number of nitrogens with zero attached hydrogens (tertiary/aromatic N) is 2. The van der Waals surface area contributed by atoms with E-state index in [-0.39, 0.29) is 12.0 Å². The van der Waals surface area contributed by atoms with Crippen molar-refractivity contribution < 1.29 is 23.9 Å². The number of carbonyl (C=O) groups is 3. The maximum absolute atomic E-state index is 13.0. The molecule has 0 bridgehead atoms. The van der Waals surface area contributed by atoms with Crippen LogP contribution in [-0.2, 0) is 4.74 Å². The lowest BCUT2D eigenvalue weighted by Crippen LogP contribution is -2.15. The first kappa shape index (κ1) is 25.3. The molecular weight excluding hydrogens is 472 g/mol. The topological polar surface area (TPSA) is 120 Å². The Morgan fingerprint density at radius 1 is 0.973 bits per heavy atom. The van der Waals surface area contributed by atoms with Gasteiger partial charge in [-0.25, -0.2) is 14.8 Å². The lowest BCUT2D eigenvalue weighted by Gasteiger charge is -2.13. The van der Waals surface area contributed by atoms with E-state index < -0.39 is 5.97 Å². The van der Waals surface area contributed by atoms with Crippen LogP contribution in [0.4, 0.5) is 11.6 Å². The third-order valence-electron chi connectivity index (χ3n) is 5.49. The van der Waals surface area contributed by atoms with Crippen molar-refractivity contribution in [3.63, 3.8) is 0 Å². The molecule has 0 atom stereocenters. The third-order valence-corrected chi connectivity index (χ3v) is 5.49. The summed E-state index contributed by atoms with van der Waals surface area (Å²) >= 11 is 0. The van der Waals surface area contributed by atoms with Gasteiger partial charge in [-0.15, -0.1) is 0 Å². The standard InChI is InChI=1S/C28H26N4O5/c1-16(2)37-27(35)19-9-5-8-18(11-19)26(34)30-21-10-6-7-17(12-21)25-22-13-20(15-33)24(36-4)14-23(22)31-28(29-3)32-25/h5-16H,1-4H3,(H,30,34)(H,29,31,32). The van der Waals surface area contributed by atoms with Crippen LogP contribution in [0, 0.1) is 0 Å². The number of nitrogens with one attached hydrogen (secondary N) is 2. The highest BCUT2D eigenvalue weighted by atomic mass is 16.5. The van der Waals surface area contributed by atoms with Crippen LogP contribution in [-0.4, -0.2) is 48.4 Å². The Morgan fingerprint density at radius 3 is 2.43 bits per heavy atom. The van der Waals surface area contributed by atoms with Crippen LogP contribution in [0.2, 0.25) is 0 Å². The fourth-order valence-electron chi connectivity index (χ4n) is 3.79. The average Bonchev–Trinajstić information content (AvgIpc) is 2.91. The van der Waals surface area contributed by atoms with E-state index in [1.54, 1.807) is 69.4 Å². The van der Waals surface area contributed by atoms with Crippen LogP contribution in [0.1, 0.15) is 44.9 Å². The molecular formula is C28H26N4O5. The van der Waals surface area contributed by atoms with E-state index in [4.69, 9.17) is 9.47 Å². The second kappa shape index (κ2) is 10.9. The minimum absolute atomic E-state index is 0.266. The summed E-state index contributed by atoms with van der Waals surface area (Å²) in [4.78, 5) is 45.9. The molecule has 1 amide bonds. The van der Waals surface area contributed by atoms with Crippen LogP contribution in [0.15, 0.2) is 60.7 Å². The van der Waals surface area contributed by atoms with E-state index in [0.29, 0.717) is 56.2 Å². The first-order chi connectivity index (χ1) is 17.8. The number of fused-ring (bicyclic) bond motifs is 1. The number of aldehydes is 1. The molecule has 0 saturated heterocycles. The zero-order valence-corrected chi connectivity index (χ0v) is 20.9. The zero-order chi connectivity index (χ0) is 26.5. The molecule has 1 aromatic heterocycles. The van der Waals surface area contributed by atoms with Gasteiger partial charge in [-0.1, -0.05) is 18.2 Å². The highest BCUT2D eigenvalue weighted by Gasteiger charge is 2.16. The number of amides is 1. The Bertz CT molecular complexity index is 1500. The van der Waals surface area contributed by atoms with Gasteiger partial charge in [-0.2, -0.15) is 0 Å². The molecule has 0 aliphatic carbocycles. The quantitative estimate of drug-likeness (QED) is 0.258. The number of aromatic nitrogens is 2. The molecule has 0 spiro atoms. The number of hydrogen-bond donors (Lipinski definition) is 2. The Kier molecular flexibility index (Phi) is 7.43. The van der Waals surface area contributed by atoms with E-state index in [0.717, 1.165) is 6.29 Å². The van der Waals surface area contributed by atoms with Crippen molar-refractivity contribution in [1.29, 1.82) is 0 Å². The minimum Gasteiger partial charge on any atom is -0.496 e. The van der Waals surface area contributed by atoms with E-state index in [2.05, 4.69) is 20.6 Å². The van der Waals surface area contributed by atoms with Crippen LogP contribution in [0.5, 0.6) is 5.75 Å². The lowest BCUT2D eigenvalue weighted by atomic mass is 10.0. The maximum atomic E-state index is 13.0. The van der Waals surface area contributed by atoms with Gasteiger partial charge in [0.05, 0.1) is 35.6 Å². The van der Waals surface area contributed by atoms with Gasteiger partial charge >= 0.3 is 5.97 Å². The molecule has 0 radical (unpaired) electrons. The Morgan fingerprint density at radius 2 is 1.73 bits per heavy atom. The molecule has 0 unspecified atom stereocenters. The van der Waals surface area contributed by atoms with Crippen molar-refractivity contribution in [3.05, 3.63) is 77.4 Å². The molecule has 0 fully saturated rings. The summed E-state index contributed by atoms with van der Waals surface area (Å²) in [7, 11) is 3.20. The average molecular weight is 499 g/mol. The van der Waals surface area contributed by atoms with Gasteiger partial charge in [0.15, 0.2) is 6.29 Å². The van der Waals surface area contributed by atoms with Gasteiger partial charge in [0, 0.05) is 35.3 Å². The molecule has 0 aliphatic rings. The van der Waals surface area contributed by atoms with E-state index in [1.807, 2.05) is 6.07 Å². The Hall–Kier alpha value is -4.79. The number of benzene rings is 3. The normalized spacial score (nSPS) is 10.7. The predicted molar refractivity (Wildman–Crippen MR) is 141 cm³/mol. The summed E-state index contributed by atoms with van der Waals surface area (Å²) in [6, 6.07) is 16.9. The summed E-state index contributed by atoms with van der Waals surface area (Å²) in [5.41, 5.74) is 3.39. The fraction of sp³-hybridized carbons (Fsp3) is 0.179. The molecule has 37 heavy (non-hydrogen) atoms. The van der Waals surface area contributed by atoms with Gasteiger partial charge in [0.1, 0.15) is 5.75 Å². The van der Waals surface area contributed by atoms with Crippen LogP contribution in [0.25, 0.3) is 22.2 Å². The molecule has 9 nitrogen and oxygen atoms in total. The molecule has 2 N–H and O–H groups in total. The van der Waals surface area contributed by atoms with Gasteiger partial charge in [0.25, 0.3) is 5.91 Å². The summed E-state index contributed by atoms with van der Waals surface area (Å²) in [6.07, 6.45) is 0.452. The number of ether oxygens (including phenoxy) is 2. The summed E-state index contributed by atoms with van der Waals surface area (Å²) in [6.45, 7) is 3.52. The summed E-state index contributed by atoms with van der Waals surface area (Å²) in [5.74, 6) is -0.0700. The van der Waals surface area contributed by atoms with E-state index >= 15 is 0 Å². The first-order valence-electron chi connectivity index (χ1n) is 11.6. The molecule has 9 heteroatoms. The number of esters is 1. The van der Waals surface area contributed by atoms with Gasteiger partial charge in [-0.05, 0) is 50.2 Å². The van der Waals surface area contributed by atoms with Crippen molar-refractivity contribution in [2.45, 2.75) is 20.0 Å². The number of rotatable bonds is 8. The van der Waals surface area contributed by atoms with Crippen molar-refractivity contribution in [1.82, 2.24) is 9.97 Å². The van der Waals surface area contributed by atoms with Crippen molar-refractivity contribution >= 4 is 40.7 Å². The second-order valence-electron chi connectivity index (χ2n) is 8.44. The SMILES string of the molecule is CNc1nc(-c2cccc(NC(=O)c3cccc(C(=O)OC(C)C)c3)c2)c2cc(C=O)c(OC)cc2n1. The predicted octanol–water partition coefficient (Wildman–Crippen LogP) is 4.98. The van der Waals surface area contributed by atoms with Gasteiger partial charge in [-0.3, -0.25) is 9.59 Å². The van der Waals surface area contributed by atoms with Crippen molar-refractivity contribution in [2.24, 2.45) is 0 Å². The second-order valence-corrected chi connectivity index (χ2v) is 8.44. The number of hydrogen-bond acceptors (Lipinski definition) is 8. The minimum atomic E-state index is -0.492. The molecule has 0 saturated carbocycles. The number of methoxy groups -OCH3 is 1. The van der Waals surface area contributed by atoms with E-state index in [9.17, 15) is 14.4 Å². The molecule has 4 rings (SSSR count). The summed E-state index contributed by atoms with van der Waals surface area (Å²) < 4.78 is 10.5.